The van der Waals surface area contributed by atoms with Gasteiger partial charge in [-0.25, -0.2) is 0 Å². The van der Waals surface area contributed by atoms with E-state index >= 15 is 0 Å². The maximum absolute atomic E-state index is 12.7. The third-order valence-electron chi connectivity index (χ3n) is 3.37. The van der Waals surface area contributed by atoms with Gasteiger partial charge in [-0.15, -0.1) is 0 Å². The smallest absolute Gasteiger partial charge is 0.227 e. The topological polar surface area (TPSA) is 85.9 Å². The molecule has 0 bridgehead atoms. The zero-order chi connectivity index (χ0) is 16.6. The second kappa shape index (κ2) is 6.02. The molecule has 3 rings (SSSR count). The van der Waals surface area contributed by atoms with Crippen molar-refractivity contribution in [1.29, 1.82) is 0 Å². The molecule has 0 saturated heterocycles. The van der Waals surface area contributed by atoms with Gasteiger partial charge in [0.25, 0.3) is 0 Å². The molecule has 0 aliphatic carbocycles. The first-order chi connectivity index (χ1) is 11.0. The van der Waals surface area contributed by atoms with E-state index in [0.29, 0.717) is 26.5 Å². The fraction of sp³-hybridized carbons (Fsp3) is 0.0625. The molecule has 0 radical (unpaired) electrons. The molecule has 0 aliphatic heterocycles. The molecule has 0 amide bonds. The Bertz CT molecular complexity index is 934. The number of aliphatic carboxylic acids is 1. The van der Waals surface area contributed by atoms with Gasteiger partial charge in [-0.3, -0.25) is 9.78 Å². The number of halogens is 2. The molecule has 0 spiro atoms. The molecule has 2 heterocycles. The number of carbonyl (C=O) groups is 2. The van der Waals surface area contributed by atoms with Crippen molar-refractivity contribution in [2.45, 2.75) is 6.42 Å². The predicted molar refractivity (Wildman–Crippen MR) is 84.7 cm³/mol. The van der Waals surface area contributed by atoms with Gasteiger partial charge in [0.2, 0.25) is 5.78 Å². The van der Waals surface area contributed by atoms with Crippen LogP contribution in [-0.2, 0) is 11.2 Å². The van der Waals surface area contributed by atoms with Gasteiger partial charge in [0.05, 0.1) is 5.69 Å². The van der Waals surface area contributed by atoms with E-state index in [9.17, 15) is 14.7 Å². The van der Waals surface area contributed by atoms with Crippen LogP contribution in [-0.4, -0.2) is 21.7 Å². The molecule has 1 aromatic carbocycles. The van der Waals surface area contributed by atoms with Crippen molar-refractivity contribution in [2.75, 3.05) is 0 Å². The molecule has 3 aromatic rings. The number of pyridine rings is 1. The van der Waals surface area contributed by atoms with Gasteiger partial charge < -0.3 is 14.9 Å². The largest absolute Gasteiger partial charge is 0.550 e. The highest BCUT2D eigenvalue weighted by molar-refractivity contribution is 6.31. The predicted octanol–water partition coefficient (Wildman–Crippen LogP) is 2.39. The fourth-order valence-corrected chi connectivity index (χ4v) is 2.74. The van der Waals surface area contributed by atoms with Crippen LogP contribution in [0.5, 0.6) is 0 Å². The van der Waals surface area contributed by atoms with Crippen LogP contribution >= 0.6 is 23.2 Å². The van der Waals surface area contributed by atoms with Crippen molar-refractivity contribution in [3.63, 3.8) is 0 Å². The number of nitrogens with zero attached hydrogens (tertiary/aromatic N) is 1. The summed E-state index contributed by atoms with van der Waals surface area (Å²) in [4.78, 5) is 30.6. The number of ketones is 1. The number of nitrogens with one attached hydrogen (secondary N) is 1. The Balaban J connectivity index is 2.19. The molecule has 1 N–H and O–H groups in total. The Hall–Kier alpha value is -2.37. The quantitative estimate of drug-likeness (QED) is 0.734. The minimum atomic E-state index is -1.28. The average Bonchev–Trinajstić information content (AvgIpc) is 2.83. The molecule has 2 aromatic heterocycles. The number of benzene rings is 1. The highest BCUT2D eigenvalue weighted by Gasteiger charge is 2.20. The van der Waals surface area contributed by atoms with Crippen LogP contribution in [0.25, 0.3) is 10.9 Å². The van der Waals surface area contributed by atoms with Gasteiger partial charge in [0, 0.05) is 39.5 Å². The summed E-state index contributed by atoms with van der Waals surface area (Å²) in [5.41, 5.74) is 1.17. The van der Waals surface area contributed by atoms with E-state index in [-0.39, 0.29) is 11.4 Å². The van der Waals surface area contributed by atoms with E-state index in [2.05, 4.69) is 9.97 Å². The second-order valence-corrected chi connectivity index (χ2v) is 5.78. The molecule has 0 atom stereocenters. The zero-order valence-corrected chi connectivity index (χ0v) is 13.1. The maximum Gasteiger partial charge on any atom is 0.227 e. The highest BCUT2D eigenvalue weighted by Crippen LogP contribution is 2.27. The van der Waals surface area contributed by atoms with Crippen LogP contribution in [0.3, 0.4) is 0 Å². The number of aromatic amines is 1. The van der Waals surface area contributed by atoms with E-state index in [1.54, 1.807) is 24.3 Å². The summed E-state index contributed by atoms with van der Waals surface area (Å²) in [5, 5.41) is 12.5. The second-order valence-electron chi connectivity index (χ2n) is 4.91. The third kappa shape index (κ3) is 3.06. The van der Waals surface area contributed by atoms with Crippen molar-refractivity contribution in [2.24, 2.45) is 0 Å². The van der Waals surface area contributed by atoms with Crippen molar-refractivity contribution in [3.8, 4) is 0 Å². The molecule has 0 fully saturated rings. The Labute approximate surface area is 140 Å². The van der Waals surface area contributed by atoms with Crippen molar-refractivity contribution < 1.29 is 14.7 Å². The van der Waals surface area contributed by atoms with Crippen LogP contribution in [0, 0.1) is 0 Å². The maximum atomic E-state index is 12.7. The average molecular weight is 348 g/mol. The molecular weight excluding hydrogens is 339 g/mol. The summed E-state index contributed by atoms with van der Waals surface area (Å²) in [5.74, 6) is -1.73. The number of carboxylic acid groups (broad SMARTS) is 1. The summed E-state index contributed by atoms with van der Waals surface area (Å²) >= 11 is 11.8. The standard InChI is InChI=1S/C16H10Cl2N2O3/c17-8-1-2-10-11(7-14(21)22)15(20-12(10)5-8)16(23)13-6-9(18)3-4-19-13/h1-6,20H,7H2,(H,21,22)/p-1. The SMILES string of the molecule is O=C([O-])Cc1c(C(=O)c2cc(Cl)ccn2)[nH]c2cc(Cl)ccc12. The van der Waals surface area contributed by atoms with E-state index in [1.807, 2.05) is 0 Å². The van der Waals surface area contributed by atoms with Gasteiger partial charge in [0.1, 0.15) is 5.69 Å². The number of fused-ring (bicyclic) bond motifs is 1. The van der Waals surface area contributed by atoms with E-state index in [0.717, 1.165) is 0 Å². The van der Waals surface area contributed by atoms with Crippen LogP contribution < -0.4 is 5.11 Å². The lowest BCUT2D eigenvalue weighted by molar-refractivity contribution is -0.304. The van der Waals surface area contributed by atoms with Crippen LogP contribution in [0.15, 0.2) is 36.5 Å². The van der Waals surface area contributed by atoms with E-state index in [1.165, 1.54) is 12.3 Å². The Morgan fingerprint density at radius 2 is 1.87 bits per heavy atom. The van der Waals surface area contributed by atoms with Gasteiger partial charge in [-0.05, 0) is 29.8 Å². The van der Waals surface area contributed by atoms with Crippen molar-refractivity contribution in [3.05, 3.63) is 63.5 Å². The first kappa shape index (κ1) is 15.5. The van der Waals surface area contributed by atoms with E-state index in [4.69, 9.17) is 23.2 Å². The summed E-state index contributed by atoms with van der Waals surface area (Å²) < 4.78 is 0. The lowest BCUT2D eigenvalue weighted by Crippen LogP contribution is -2.25. The van der Waals surface area contributed by atoms with Crippen molar-refractivity contribution in [1.82, 2.24) is 9.97 Å². The lowest BCUT2D eigenvalue weighted by atomic mass is 10.0. The number of H-pyrrole nitrogens is 1. The van der Waals surface area contributed by atoms with Crippen LogP contribution in [0.1, 0.15) is 21.7 Å². The Morgan fingerprint density at radius 1 is 1.13 bits per heavy atom. The number of hydrogen-bond donors (Lipinski definition) is 1. The first-order valence-corrected chi connectivity index (χ1v) is 7.37. The van der Waals surface area contributed by atoms with Gasteiger partial charge in [-0.2, -0.15) is 0 Å². The number of rotatable bonds is 4. The fourth-order valence-electron chi connectivity index (χ4n) is 2.41. The number of carbonyl (C=O) groups excluding carboxylic acids is 2. The number of hydrogen-bond acceptors (Lipinski definition) is 4. The van der Waals surface area contributed by atoms with Gasteiger partial charge >= 0.3 is 0 Å². The highest BCUT2D eigenvalue weighted by atomic mass is 35.5. The molecule has 0 aliphatic rings. The monoisotopic (exact) mass is 347 g/mol. The minimum absolute atomic E-state index is 0.120. The van der Waals surface area contributed by atoms with Crippen molar-refractivity contribution >= 4 is 45.9 Å². The molecular formula is C16H9Cl2N2O3-. The normalized spacial score (nSPS) is 10.9. The summed E-state index contributed by atoms with van der Waals surface area (Å²) in [6, 6.07) is 7.88. The van der Waals surface area contributed by atoms with E-state index < -0.39 is 18.2 Å². The van der Waals surface area contributed by atoms with Gasteiger partial charge in [-0.1, -0.05) is 29.3 Å². The van der Waals surface area contributed by atoms with Gasteiger partial charge in [0.15, 0.2) is 0 Å². The lowest BCUT2D eigenvalue weighted by Gasteiger charge is -2.05. The molecule has 0 saturated carbocycles. The molecule has 23 heavy (non-hydrogen) atoms. The Morgan fingerprint density at radius 3 is 2.57 bits per heavy atom. The summed E-state index contributed by atoms with van der Waals surface area (Å²) in [6.07, 6.45) is 1.01. The summed E-state index contributed by atoms with van der Waals surface area (Å²) in [7, 11) is 0. The number of aromatic nitrogens is 2. The molecule has 7 heteroatoms. The summed E-state index contributed by atoms with van der Waals surface area (Å²) in [6.45, 7) is 0. The third-order valence-corrected chi connectivity index (χ3v) is 3.84. The molecule has 0 unspecified atom stereocenters. The Kier molecular flexibility index (Phi) is 4.07. The van der Waals surface area contributed by atoms with Crippen LogP contribution in [0.2, 0.25) is 10.0 Å². The number of carboxylic acids is 1. The zero-order valence-electron chi connectivity index (χ0n) is 11.6. The minimum Gasteiger partial charge on any atom is -0.550 e. The molecule has 116 valence electrons. The first-order valence-electron chi connectivity index (χ1n) is 6.62. The molecule has 5 nitrogen and oxygen atoms in total. The van der Waals surface area contributed by atoms with Crippen LogP contribution in [0.4, 0.5) is 0 Å².